The number of carbonyl (C=O) groups excluding carboxylic acids is 2. The van der Waals surface area contributed by atoms with Gasteiger partial charge in [-0.2, -0.15) is 0 Å². The molecule has 0 spiro atoms. The Hall–Kier alpha value is -0.970. The average Bonchev–Trinajstić information content (AvgIpc) is 2.87. The van der Waals surface area contributed by atoms with Gasteiger partial charge < -0.3 is 14.8 Å². The fourth-order valence-electron chi connectivity index (χ4n) is 2.91. The van der Waals surface area contributed by atoms with Crippen molar-refractivity contribution in [3.8, 4) is 0 Å². The largest absolute Gasteiger partial charge is 1.00 e. The van der Waals surface area contributed by atoms with E-state index in [1.54, 1.807) is 0 Å². The molecule has 0 radical (unpaired) electrons. The van der Waals surface area contributed by atoms with Gasteiger partial charge in [-0.05, 0) is 6.92 Å². The van der Waals surface area contributed by atoms with Crippen molar-refractivity contribution < 1.29 is 52.7 Å². The van der Waals surface area contributed by atoms with Gasteiger partial charge in [-0.25, -0.2) is 8.42 Å². The fraction of sp³-hybridized carbons (Fsp3) is 0.600. The Kier molecular flexibility index (Phi) is 3.94. The standard InChI is InChI=1S/C10H12N4O5S.Na/c1-10(5-13-3-2-11-12-13)8(9(16)17)14-6(15)4-7(14)20(10,18)19;/h2-3,7-8H,4-5H2,1H3,(H,16,17);/q;+1/p-1/t7?,8-,10-;/m0./s1. The molecule has 2 aliphatic heterocycles. The van der Waals surface area contributed by atoms with Crippen LogP contribution in [0.2, 0.25) is 0 Å². The molecular weight excluding hydrogens is 311 g/mol. The van der Waals surface area contributed by atoms with Gasteiger partial charge in [0.25, 0.3) is 0 Å². The average molecular weight is 322 g/mol. The van der Waals surface area contributed by atoms with Gasteiger partial charge in [0.2, 0.25) is 5.91 Å². The normalized spacial score (nSPS) is 33.0. The summed E-state index contributed by atoms with van der Waals surface area (Å²) < 4.78 is 24.6. The summed E-state index contributed by atoms with van der Waals surface area (Å²) in [6.07, 6.45) is 2.61. The Morgan fingerprint density at radius 2 is 2.24 bits per heavy atom. The molecule has 3 rings (SSSR count). The summed E-state index contributed by atoms with van der Waals surface area (Å²) in [5.74, 6) is -2.07. The van der Waals surface area contributed by atoms with E-state index in [1.165, 1.54) is 24.0 Å². The monoisotopic (exact) mass is 322 g/mol. The molecule has 0 aromatic carbocycles. The number of hydrogen-bond acceptors (Lipinski definition) is 7. The zero-order valence-electron chi connectivity index (χ0n) is 11.5. The fourth-order valence-corrected chi connectivity index (χ4v) is 5.26. The molecule has 21 heavy (non-hydrogen) atoms. The Morgan fingerprint density at radius 1 is 1.57 bits per heavy atom. The van der Waals surface area contributed by atoms with Crippen LogP contribution in [-0.4, -0.2) is 56.4 Å². The van der Waals surface area contributed by atoms with Gasteiger partial charge >= 0.3 is 29.6 Å². The predicted molar refractivity (Wildman–Crippen MR) is 61.4 cm³/mol. The molecule has 1 aromatic heterocycles. The molecule has 0 N–H and O–H groups in total. The minimum Gasteiger partial charge on any atom is -0.548 e. The summed E-state index contributed by atoms with van der Waals surface area (Å²) in [4.78, 5) is 23.8. The summed E-state index contributed by atoms with van der Waals surface area (Å²) in [6, 6.07) is -1.51. The van der Waals surface area contributed by atoms with Crippen molar-refractivity contribution >= 4 is 21.7 Å². The van der Waals surface area contributed by atoms with E-state index >= 15 is 0 Å². The van der Waals surface area contributed by atoms with E-state index < -0.39 is 37.9 Å². The topological polar surface area (TPSA) is 125 Å². The molecule has 9 nitrogen and oxygen atoms in total. The molecule has 2 fully saturated rings. The van der Waals surface area contributed by atoms with Gasteiger partial charge in [0.05, 0.1) is 31.2 Å². The Labute approximate surface area is 142 Å². The maximum Gasteiger partial charge on any atom is 1.00 e. The van der Waals surface area contributed by atoms with Crippen LogP contribution in [0.4, 0.5) is 0 Å². The molecule has 108 valence electrons. The van der Waals surface area contributed by atoms with Crippen LogP contribution >= 0.6 is 0 Å². The first-order valence-electron chi connectivity index (χ1n) is 5.88. The van der Waals surface area contributed by atoms with Crippen molar-refractivity contribution in [3.05, 3.63) is 12.4 Å². The van der Waals surface area contributed by atoms with Crippen molar-refractivity contribution in [3.63, 3.8) is 0 Å². The number of fused-ring (bicyclic) bond motifs is 1. The molecule has 1 amide bonds. The number of carboxylic acids is 1. The number of amides is 1. The van der Waals surface area contributed by atoms with Crippen LogP contribution in [0.25, 0.3) is 0 Å². The van der Waals surface area contributed by atoms with Gasteiger partial charge in [0.1, 0.15) is 10.1 Å². The number of carbonyl (C=O) groups is 2. The molecule has 0 aliphatic carbocycles. The SMILES string of the molecule is C[C@]1(Cn2ccnn2)[C@H](C(=O)[O-])N2C(=O)CC2S1(=O)=O.[Na+]. The van der Waals surface area contributed by atoms with E-state index in [-0.39, 0.29) is 42.5 Å². The van der Waals surface area contributed by atoms with E-state index in [0.717, 1.165) is 4.90 Å². The molecule has 1 aromatic rings. The maximum atomic E-state index is 12.5. The molecular formula is C10H11N4NaO5S. The van der Waals surface area contributed by atoms with E-state index in [0.29, 0.717) is 0 Å². The number of nitrogens with zero attached hydrogens (tertiary/aromatic N) is 4. The number of rotatable bonds is 3. The number of β-lactam (4-membered cyclic amide) rings is 1. The molecule has 0 bridgehead atoms. The van der Waals surface area contributed by atoms with Crippen LogP contribution in [0.3, 0.4) is 0 Å². The molecule has 1 unspecified atom stereocenters. The number of sulfone groups is 1. The second-order valence-corrected chi connectivity index (χ2v) is 7.71. The quantitative estimate of drug-likeness (QED) is 0.401. The Bertz CT molecular complexity index is 690. The van der Waals surface area contributed by atoms with Gasteiger partial charge in [-0.3, -0.25) is 9.48 Å². The minimum atomic E-state index is -3.84. The number of aliphatic carboxylic acids is 1. The van der Waals surface area contributed by atoms with E-state index in [1.807, 2.05) is 0 Å². The van der Waals surface area contributed by atoms with Crippen molar-refractivity contribution in [2.45, 2.75) is 36.1 Å². The van der Waals surface area contributed by atoms with Crippen LogP contribution in [0, 0.1) is 0 Å². The first kappa shape index (κ1) is 16.4. The number of carboxylic acid groups (broad SMARTS) is 1. The van der Waals surface area contributed by atoms with E-state index in [9.17, 15) is 23.1 Å². The minimum absolute atomic E-state index is 0. The third-order valence-electron chi connectivity index (χ3n) is 3.98. The van der Waals surface area contributed by atoms with Crippen molar-refractivity contribution in [1.82, 2.24) is 19.9 Å². The Balaban J connectivity index is 0.00000161. The van der Waals surface area contributed by atoms with Crippen LogP contribution in [0.15, 0.2) is 12.4 Å². The van der Waals surface area contributed by atoms with Crippen LogP contribution in [0.1, 0.15) is 13.3 Å². The summed E-state index contributed by atoms with van der Waals surface area (Å²) in [6.45, 7) is 1.10. The van der Waals surface area contributed by atoms with Crippen LogP contribution in [-0.2, 0) is 26.0 Å². The van der Waals surface area contributed by atoms with Crippen molar-refractivity contribution in [2.24, 2.45) is 0 Å². The molecule has 2 aliphatic rings. The van der Waals surface area contributed by atoms with E-state index in [4.69, 9.17) is 0 Å². The van der Waals surface area contributed by atoms with Gasteiger partial charge in [0, 0.05) is 6.20 Å². The first-order chi connectivity index (χ1) is 9.29. The molecule has 2 saturated heterocycles. The number of aromatic nitrogens is 3. The summed E-state index contributed by atoms with van der Waals surface area (Å²) in [5, 5.41) is 17.5. The van der Waals surface area contributed by atoms with Gasteiger partial charge in [-0.15, -0.1) is 5.10 Å². The second kappa shape index (κ2) is 5.04. The predicted octanol–water partition coefficient (Wildman–Crippen LogP) is -5.85. The van der Waals surface area contributed by atoms with Gasteiger partial charge in [0.15, 0.2) is 9.84 Å². The first-order valence-corrected chi connectivity index (χ1v) is 7.43. The summed E-state index contributed by atoms with van der Waals surface area (Å²) >= 11 is 0. The van der Waals surface area contributed by atoms with Gasteiger partial charge in [-0.1, -0.05) is 5.21 Å². The summed E-state index contributed by atoms with van der Waals surface area (Å²) in [5.41, 5.74) is 0. The van der Waals surface area contributed by atoms with Crippen LogP contribution < -0.4 is 34.7 Å². The second-order valence-electron chi connectivity index (χ2n) is 5.14. The maximum absolute atomic E-state index is 12.5. The molecule has 3 atom stereocenters. The van der Waals surface area contributed by atoms with Crippen molar-refractivity contribution in [2.75, 3.05) is 0 Å². The summed E-state index contributed by atoms with van der Waals surface area (Å²) in [7, 11) is -3.84. The van der Waals surface area contributed by atoms with Crippen molar-refractivity contribution in [1.29, 1.82) is 0 Å². The zero-order chi connectivity index (χ0) is 14.7. The molecule has 0 saturated carbocycles. The molecule has 3 heterocycles. The zero-order valence-corrected chi connectivity index (χ0v) is 14.3. The smallest absolute Gasteiger partial charge is 0.548 e. The van der Waals surface area contributed by atoms with E-state index in [2.05, 4.69) is 10.3 Å². The molecule has 11 heteroatoms. The Morgan fingerprint density at radius 3 is 2.71 bits per heavy atom. The third kappa shape index (κ3) is 2.04. The van der Waals surface area contributed by atoms with Crippen LogP contribution in [0.5, 0.6) is 0 Å². The number of hydrogen-bond donors (Lipinski definition) is 0. The third-order valence-corrected chi connectivity index (χ3v) is 6.75.